The molecular formula is C61H92FN6O8P. The van der Waals surface area contributed by atoms with Crippen molar-refractivity contribution in [2.75, 3.05) is 18.9 Å². The molecule has 0 bridgehead atoms. The summed E-state index contributed by atoms with van der Waals surface area (Å²) in [4.78, 5) is 39.6. The molecule has 77 heavy (non-hydrogen) atoms. The van der Waals surface area contributed by atoms with Gasteiger partial charge in [0.1, 0.15) is 30.7 Å². The number of hydrogen-bond donors (Lipinski definition) is 2. The molecule has 1 aliphatic heterocycles. The van der Waals surface area contributed by atoms with Crippen molar-refractivity contribution < 1.29 is 41.8 Å². The molecule has 4 aromatic rings. The number of carbonyl (C=O) groups excluding carboxylic acids is 2. The Hall–Kier alpha value is -4.87. The van der Waals surface area contributed by atoms with E-state index in [-0.39, 0.29) is 48.6 Å². The van der Waals surface area contributed by atoms with Crippen molar-refractivity contribution in [3.05, 3.63) is 78.6 Å². The standard InChI is InChI=1S/C61H92FN6O8P/c1-4-7-9-11-13-15-17-19-20-21-22-23-24-26-28-30-38-44-55(69)74-53-47-54(68-49-64-56-57(63)65-60(62)66-58(56)68)75-61(53,6-3)48-73-77(71,76-51-42-36-33-37-43-51)67-52(46-50-40-34-32-35-41-50)59(70)72-45-39-31-29-27-25-18-16-14-12-10-8-5-2/h3,32-37,40-43,49,52-54H,4-5,7-31,38-39,44-48H2,1-2H3,(H,67,71)(H2,63,65,66)/t52-,53-,54+,61+,77-/m0/s1. The summed E-state index contributed by atoms with van der Waals surface area (Å²) in [5.41, 5.74) is 5.09. The van der Waals surface area contributed by atoms with Gasteiger partial charge in [-0.05, 0) is 37.0 Å². The van der Waals surface area contributed by atoms with E-state index in [1.54, 1.807) is 30.3 Å². The zero-order chi connectivity index (χ0) is 54.8. The van der Waals surface area contributed by atoms with E-state index in [1.165, 1.54) is 146 Å². The Kier molecular flexibility index (Phi) is 29.7. The van der Waals surface area contributed by atoms with Crippen molar-refractivity contribution in [3.63, 3.8) is 0 Å². The van der Waals surface area contributed by atoms with Crippen LogP contribution in [0.1, 0.15) is 225 Å². The molecule has 1 aliphatic rings. The lowest BCUT2D eigenvalue weighted by Crippen LogP contribution is -2.46. The van der Waals surface area contributed by atoms with Gasteiger partial charge in [-0.1, -0.05) is 242 Å². The van der Waals surface area contributed by atoms with Crippen LogP contribution < -0.4 is 15.3 Å². The number of imidazole rings is 1. The van der Waals surface area contributed by atoms with Crippen molar-refractivity contribution in [1.82, 2.24) is 24.6 Å². The molecule has 3 heterocycles. The summed E-state index contributed by atoms with van der Waals surface area (Å²) < 4.78 is 62.3. The number of fused-ring (bicyclic) bond motifs is 1. The van der Waals surface area contributed by atoms with Crippen LogP contribution in [-0.4, -0.2) is 62.4 Å². The summed E-state index contributed by atoms with van der Waals surface area (Å²) >= 11 is 0. The fraction of sp³-hybridized carbons (Fsp3) is 0.656. The molecule has 5 rings (SSSR count). The summed E-state index contributed by atoms with van der Waals surface area (Å²) in [6.45, 7) is 4.07. The van der Waals surface area contributed by atoms with Gasteiger partial charge >= 0.3 is 25.8 Å². The van der Waals surface area contributed by atoms with Crippen molar-refractivity contribution in [3.8, 4) is 18.1 Å². The van der Waals surface area contributed by atoms with Crippen LogP contribution in [-0.2, 0) is 39.3 Å². The monoisotopic (exact) mass is 1090 g/mol. The lowest BCUT2D eigenvalue weighted by Gasteiger charge is -2.31. The summed E-state index contributed by atoms with van der Waals surface area (Å²) in [7, 11) is -4.58. The number of nitrogen functional groups attached to an aromatic ring is 1. The van der Waals surface area contributed by atoms with Crippen LogP contribution in [0.4, 0.5) is 10.2 Å². The molecule has 0 spiro atoms. The van der Waals surface area contributed by atoms with Gasteiger partial charge in [-0.25, -0.2) is 9.55 Å². The molecule has 0 unspecified atom stereocenters. The Morgan fingerprint density at radius 3 is 1.81 bits per heavy atom. The number of ether oxygens (including phenoxy) is 3. The maximum atomic E-state index is 15.3. The highest BCUT2D eigenvalue weighted by Gasteiger charge is 2.53. The van der Waals surface area contributed by atoms with Crippen LogP contribution >= 0.6 is 7.75 Å². The Labute approximate surface area is 460 Å². The number of unbranched alkanes of at least 4 members (excludes halogenated alkanes) is 27. The molecule has 0 aliphatic carbocycles. The molecule has 1 saturated heterocycles. The summed E-state index contributed by atoms with van der Waals surface area (Å²) in [5.74, 6) is 1.55. The van der Waals surface area contributed by atoms with Crippen molar-refractivity contribution >= 4 is 36.7 Å². The van der Waals surface area contributed by atoms with Crippen molar-refractivity contribution in [1.29, 1.82) is 0 Å². The molecule has 2 aromatic carbocycles. The number of terminal acetylenes is 1. The van der Waals surface area contributed by atoms with E-state index >= 15 is 4.57 Å². The number of hydrogen-bond acceptors (Lipinski definition) is 12. The third-order valence-corrected chi connectivity index (χ3v) is 16.1. The van der Waals surface area contributed by atoms with Gasteiger partial charge in [-0.2, -0.15) is 19.4 Å². The average molecular weight is 1090 g/mol. The molecule has 14 nitrogen and oxygen atoms in total. The van der Waals surface area contributed by atoms with E-state index in [0.29, 0.717) is 12.8 Å². The first kappa shape index (κ1) is 63.0. The van der Waals surface area contributed by atoms with Gasteiger partial charge in [-0.3, -0.25) is 18.7 Å². The van der Waals surface area contributed by atoms with E-state index in [4.69, 9.17) is 35.4 Å². The third kappa shape index (κ3) is 23.2. The van der Waals surface area contributed by atoms with Gasteiger partial charge in [-0.15, -0.1) is 6.42 Å². The first-order chi connectivity index (χ1) is 37.6. The molecule has 0 radical (unpaired) electrons. The zero-order valence-electron chi connectivity index (χ0n) is 46.7. The molecule has 1 fully saturated rings. The molecule has 16 heteroatoms. The minimum Gasteiger partial charge on any atom is -0.465 e. The second kappa shape index (κ2) is 36.3. The molecule has 426 valence electrons. The highest BCUT2D eigenvalue weighted by molar-refractivity contribution is 7.52. The van der Waals surface area contributed by atoms with Crippen LogP contribution in [0.15, 0.2) is 67.0 Å². The van der Waals surface area contributed by atoms with Gasteiger partial charge in [0.15, 0.2) is 22.6 Å². The van der Waals surface area contributed by atoms with Crippen molar-refractivity contribution in [2.45, 2.75) is 243 Å². The van der Waals surface area contributed by atoms with Gasteiger partial charge in [0.25, 0.3) is 0 Å². The SMILES string of the molecule is C#C[C@]1(CO[P@@](=O)(N[C@@H](Cc2ccccc2)C(=O)OCCCCCCCCCCCCCC)Oc2ccccc2)O[C@@H](n2cnc3c(N)nc(F)nc32)C[C@@H]1OC(=O)CCCCCCCCCCCCCCCCCCC. The number of rotatable bonds is 43. The maximum absolute atomic E-state index is 15.3. The van der Waals surface area contributed by atoms with Crippen LogP contribution in [0.3, 0.4) is 0 Å². The second-order valence-electron chi connectivity index (χ2n) is 21.0. The molecule has 5 atom stereocenters. The predicted molar refractivity (Wildman–Crippen MR) is 304 cm³/mol. The third-order valence-electron chi connectivity index (χ3n) is 14.6. The fourth-order valence-electron chi connectivity index (χ4n) is 10.0. The first-order valence-corrected chi connectivity index (χ1v) is 31.1. The number of benzene rings is 2. The topological polar surface area (TPSA) is 179 Å². The van der Waals surface area contributed by atoms with E-state index in [2.05, 4.69) is 39.8 Å². The first-order valence-electron chi connectivity index (χ1n) is 29.6. The minimum atomic E-state index is -4.58. The Bertz CT molecular complexity index is 2350. The van der Waals surface area contributed by atoms with E-state index in [9.17, 15) is 14.0 Å². The van der Waals surface area contributed by atoms with Gasteiger partial charge in [0.05, 0.1) is 12.9 Å². The summed E-state index contributed by atoms with van der Waals surface area (Å²) in [6, 6.07) is 16.5. The number of esters is 2. The maximum Gasteiger partial charge on any atom is 0.459 e. The van der Waals surface area contributed by atoms with Crippen LogP contribution in [0, 0.1) is 18.4 Å². The van der Waals surface area contributed by atoms with Crippen molar-refractivity contribution in [2.24, 2.45) is 0 Å². The van der Waals surface area contributed by atoms with Gasteiger partial charge in [0.2, 0.25) is 0 Å². The summed E-state index contributed by atoms with van der Waals surface area (Å²) in [5, 5.41) is 2.91. The van der Waals surface area contributed by atoms with E-state index in [0.717, 1.165) is 44.1 Å². The molecule has 0 amide bonds. The van der Waals surface area contributed by atoms with E-state index in [1.807, 2.05) is 30.3 Å². The fourth-order valence-corrected chi connectivity index (χ4v) is 11.5. The number of anilines is 1. The number of carbonyl (C=O) groups is 2. The Balaban J connectivity index is 1.21. The van der Waals surface area contributed by atoms with Crippen LogP contribution in [0.5, 0.6) is 5.75 Å². The van der Waals surface area contributed by atoms with Gasteiger partial charge < -0.3 is 24.5 Å². The zero-order valence-corrected chi connectivity index (χ0v) is 47.6. The number of aromatic nitrogens is 4. The molecule has 3 N–H and O–H groups in total. The van der Waals surface area contributed by atoms with Gasteiger partial charge in [0, 0.05) is 12.8 Å². The normalized spacial score (nSPS) is 17.5. The smallest absolute Gasteiger partial charge is 0.459 e. The second-order valence-corrected chi connectivity index (χ2v) is 22.7. The predicted octanol–water partition coefficient (Wildman–Crippen LogP) is 15.4. The summed E-state index contributed by atoms with van der Waals surface area (Å²) in [6.07, 6.45) is 39.5. The Morgan fingerprint density at radius 1 is 0.766 bits per heavy atom. The highest BCUT2D eigenvalue weighted by atomic mass is 31.2. The molecular weight excluding hydrogens is 995 g/mol. The number of halogens is 1. The van der Waals surface area contributed by atoms with E-state index < -0.39 is 56.3 Å². The largest absolute Gasteiger partial charge is 0.465 e. The lowest BCUT2D eigenvalue weighted by molar-refractivity contribution is -0.158. The number of nitrogens with one attached hydrogen (secondary N) is 1. The lowest BCUT2D eigenvalue weighted by atomic mass is 9.98. The minimum absolute atomic E-state index is 0.0330. The molecule has 0 saturated carbocycles. The quantitative estimate of drug-likeness (QED) is 0.0141. The van der Waals surface area contributed by atoms with Crippen LogP contribution in [0.25, 0.3) is 11.2 Å². The van der Waals surface area contributed by atoms with Crippen LogP contribution in [0.2, 0.25) is 0 Å². The molecule has 2 aromatic heterocycles. The number of nitrogens with two attached hydrogens (primary N) is 1. The average Bonchev–Trinajstić information content (AvgIpc) is 4.06. The highest BCUT2D eigenvalue weighted by Crippen LogP contribution is 2.49. The number of para-hydroxylation sites is 1. The Morgan fingerprint density at radius 2 is 1.27 bits per heavy atom. The number of nitrogens with zero attached hydrogens (tertiary/aromatic N) is 4.